The van der Waals surface area contributed by atoms with E-state index >= 15 is 0 Å². The van der Waals surface area contributed by atoms with Gasteiger partial charge < -0.3 is 0 Å². The summed E-state index contributed by atoms with van der Waals surface area (Å²) in [4.78, 5) is 12.0. The lowest BCUT2D eigenvalue weighted by Crippen LogP contribution is -2.16. The average Bonchev–Trinajstić information content (AvgIpc) is 2.25. The molecule has 0 heterocycles. The van der Waals surface area contributed by atoms with E-state index in [1.54, 1.807) is 6.92 Å². The predicted molar refractivity (Wildman–Crippen MR) is 63.0 cm³/mol. The smallest absolute Gasteiger partial charge is 0.294 e. The Morgan fingerprint density at radius 2 is 2.12 bits per heavy atom. The van der Waals surface area contributed by atoms with Gasteiger partial charge in [-0.2, -0.15) is 0 Å². The Labute approximate surface area is 97.1 Å². The number of hydrogen-bond acceptors (Lipinski definition) is 3. The van der Waals surface area contributed by atoms with E-state index in [0.717, 1.165) is 11.1 Å². The fourth-order valence-corrected chi connectivity index (χ4v) is 1.86. The lowest BCUT2D eigenvalue weighted by molar-refractivity contribution is 0.0894. The molecule has 4 heteroatoms. The van der Waals surface area contributed by atoms with E-state index in [2.05, 4.69) is 0 Å². The minimum Gasteiger partial charge on any atom is -0.294 e. The first kappa shape index (κ1) is 13.0. The zero-order valence-electron chi connectivity index (χ0n) is 9.69. The summed E-state index contributed by atoms with van der Waals surface area (Å²) >= 11 is 0. The summed E-state index contributed by atoms with van der Waals surface area (Å²) < 4.78 is 14.8. The highest BCUT2D eigenvalue weighted by atomic mass is 31.1. The third-order valence-corrected chi connectivity index (χ3v) is 2.73. The molecule has 0 aliphatic heterocycles. The molecule has 3 nitrogen and oxygen atoms in total. The molecule has 0 radical (unpaired) electrons. The van der Waals surface area contributed by atoms with Gasteiger partial charge in [-0.1, -0.05) is 30.7 Å². The molecule has 0 fully saturated rings. The summed E-state index contributed by atoms with van der Waals surface area (Å²) in [5, 5.41) is 0. The molecule has 0 spiro atoms. The van der Waals surface area contributed by atoms with Crippen molar-refractivity contribution in [3.05, 3.63) is 34.9 Å². The molecule has 86 valence electrons. The van der Waals surface area contributed by atoms with Crippen LogP contribution in [0.3, 0.4) is 0 Å². The maximum absolute atomic E-state index is 12.0. The first-order valence-electron chi connectivity index (χ1n) is 5.12. The van der Waals surface area contributed by atoms with E-state index < -0.39 is 0 Å². The molecule has 0 aliphatic carbocycles. The van der Waals surface area contributed by atoms with Crippen molar-refractivity contribution < 1.29 is 13.9 Å². The van der Waals surface area contributed by atoms with Gasteiger partial charge in [0.05, 0.1) is 6.61 Å². The van der Waals surface area contributed by atoms with Crippen LogP contribution in [0.2, 0.25) is 0 Å². The molecule has 0 N–H and O–H groups in total. The fourth-order valence-electron chi connectivity index (χ4n) is 1.57. The van der Waals surface area contributed by atoms with Crippen molar-refractivity contribution >= 4 is 14.5 Å². The van der Waals surface area contributed by atoms with Gasteiger partial charge in [0.15, 0.2) is 5.78 Å². The second-order valence-electron chi connectivity index (χ2n) is 3.95. The van der Waals surface area contributed by atoms with Crippen LogP contribution in [0.5, 0.6) is 0 Å². The predicted octanol–water partition coefficient (Wildman–Crippen LogP) is 3.35. The van der Waals surface area contributed by atoms with E-state index in [4.69, 9.17) is 4.52 Å². The van der Waals surface area contributed by atoms with Crippen molar-refractivity contribution in [2.45, 2.75) is 20.8 Å². The molecule has 1 rings (SSSR count). The highest BCUT2D eigenvalue weighted by molar-refractivity contribution is 7.17. The Kier molecular flexibility index (Phi) is 4.78. The molecule has 1 aromatic rings. The Balaban J connectivity index is 2.83. The van der Waals surface area contributed by atoms with E-state index in [9.17, 15) is 9.36 Å². The van der Waals surface area contributed by atoms with Gasteiger partial charge in [0.1, 0.15) is 0 Å². The summed E-state index contributed by atoms with van der Waals surface area (Å²) in [7, 11) is -0.380. The van der Waals surface area contributed by atoms with E-state index in [1.807, 2.05) is 32.0 Å². The molecule has 0 saturated carbocycles. The normalized spacial score (nSPS) is 12.7. The van der Waals surface area contributed by atoms with Crippen LogP contribution in [0.4, 0.5) is 0 Å². The van der Waals surface area contributed by atoms with Gasteiger partial charge in [0, 0.05) is 11.5 Å². The van der Waals surface area contributed by atoms with Crippen molar-refractivity contribution in [1.82, 2.24) is 0 Å². The Hall–Kier alpha value is -1.05. The zero-order chi connectivity index (χ0) is 12.1. The summed E-state index contributed by atoms with van der Waals surface area (Å²) in [6.07, 6.45) is 0. The second kappa shape index (κ2) is 5.88. The van der Waals surface area contributed by atoms with E-state index in [-0.39, 0.29) is 27.0 Å². The van der Waals surface area contributed by atoms with Crippen LogP contribution in [0.25, 0.3) is 0 Å². The number of hydrogen-bond donors (Lipinski definition) is 0. The van der Waals surface area contributed by atoms with Crippen LogP contribution >= 0.6 is 8.69 Å². The minimum atomic E-state index is -0.380. The zero-order valence-corrected chi connectivity index (χ0v) is 10.6. The van der Waals surface area contributed by atoms with Crippen molar-refractivity contribution in [2.75, 3.05) is 6.61 Å². The second-order valence-corrected chi connectivity index (χ2v) is 4.36. The average molecular weight is 238 g/mol. The van der Waals surface area contributed by atoms with Gasteiger partial charge >= 0.3 is 8.69 Å². The summed E-state index contributed by atoms with van der Waals surface area (Å²) in [5.41, 5.74) is 2.82. The molecular formula is C12H15O3P. The monoisotopic (exact) mass is 238 g/mol. The van der Waals surface area contributed by atoms with E-state index in [0.29, 0.717) is 5.56 Å². The molecule has 1 aromatic carbocycles. The minimum absolute atomic E-state index is 0.0288. The number of benzene rings is 1. The maximum atomic E-state index is 12.0. The van der Waals surface area contributed by atoms with Gasteiger partial charge in [0.25, 0.3) is 0 Å². The van der Waals surface area contributed by atoms with Gasteiger partial charge in [-0.3, -0.25) is 9.32 Å². The first-order chi connectivity index (χ1) is 7.56. The molecular weight excluding hydrogens is 223 g/mol. The molecule has 0 amide bonds. The quantitative estimate of drug-likeness (QED) is 0.583. The highest BCUT2D eigenvalue weighted by Gasteiger charge is 2.17. The van der Waals surface area contributed by atoms with Crippen LogP contribution in [-0.2, 0) is 9.09 Å². The van der Waals surface area contributed by atoms with Gasteiger partial charge in [-0.25, -0.2) is 4.57 Å². The van der Waals surface area contributed by atoms with Gasteiger partial charge in [-0.15, -0.1) is 0 Å². The lowest BCUT2D eigenvalue weighted by atomic mass is 9.95. The van der Waals surface area contributed by atoms with Crippen molar-refractivity contribution in [3.63, 3.8) is 0 Å². The largest absolute Gasteiger partial charge is 0.327 e. The molecule has 1 atom stereocenters. The summed E-state index contributed by atoms with van der Waals surface area (Å²) in [5.74, 6) is -0.246. The lowest BCUT2D eigenvalue weighted by Gasteiger charge is -2.10. The molecule has 0 aliphatic rings. The Bertz CT molecular complexity index is 401. The van der Waals surface area contributed by atoms with Crippen LogP contribution in [0, 0.1) is 19.8 Å². The van der Waals surface area contributed by atoms with Crippen LogP contribution in [0.15, 0.2) is 18.2 Å². The van der Waals surface area contributed by atoms with Crippen LogP contribution in [-0.4, -0.2) is 12.4 Å². The Morgan fingerprint density at radius 1 is 1.44 bits per heavy atom. The van der Waals surface area contributed by atoms with Gasteiger partial charge in [0.2, 0.25) is 0 Å². The fraction of sp³-hybridized carbons (Fsp3) is 0.417. The number of Topliss-reactive ketones (excluding diaryl/α,β-unsaturated/α-hetero) is 1. The van der Waals surface area contributed by atoms with Crippen molar-refractivity contribution in [1.29, 1.82) is 0 Å². The Morgan fingerprint density at radius 3 is 2.69 bits per heavy atom. The van der Waals surface area contributed by atoms with Gasteiger partial charge in [-0.05, 0) is 19.4 Å². The number of rotatable bonds is 5. The van der Waals surface area contributed by atoms with Crippen LogP contribution in [0.1, 0.15) is 28.4 Å². The molecule has 16 heavy (non-hydrogen) atoms. The van der Waals surface area contributed by atoms with Crippen molar-refractivity contribution in [3.8, 4) is 0 Å². The number of carbonyl (C=O) groups excluding carboxylic acids is 1. The number of carbonyl (C=O) groups is 1. The van der Waals surface area contributed by atoms with E-state index in [1.165, 1.54) is 0 Å². The number of aryl methyl sites for hydroxylation is 2. The maximum Gasteiger partial charge on any atom is 0.327 e. The molecule has 0 aromatic heterocycles. The highest BCUT2D eigenvalue weighted by Crippen LogP contribution is 2.16. The SMILES string of the molecule is Cc1ccc(C(=O)C(C)COP=O)c(C)c1. The molecule has 1 unspecified atom stereocenters. The molecule has 0 bridgehead atoms. The first-order valence-corrected chi connectivity index (χ1v) is 5.85. The summed E-state index contributed by atoms with van der Waals surface area (Å²) in [6, 6.07) is 5.73. The summed E-state index contributed by atoms with van der Waals surface area (Å²) in [6.45, 7) is 5.85. The topological polar surface area (TPSA) is 43.4 Å². The van der Waals surface area contributed by atoms with Crippen molar-refractivity contribution in [2.24, 2.45) is 5.92 Å². The molecule has 0 saturated heterocycles. The number of ketones is 1. The standard InChI is InChI=1S/C12H15O3P/c1-8-4-5-11(9(2)6-8)12(13)10(3)7-15-16-14/h4-6,10H,7H2,1-3H3. The third-order valence-electron chi connectivity index (χ3n) is 2.47. The third kappa shape index (κ3) is 3.22. The van der Waals surface area contributed by atoms with Crippen LogP contribution < -0.4 is 0 Å².